The van der Waals surface area contributed by atoms with E-state index >= 15 is 0 Å². The Hall–Kier alpha value is -1.48. The fraction of sp³-hybridized carbons (Fsp3) is 0.600. The van der Waals surface area contributed by atoms with Crippen molar-refractivity contribution < 1.29 is 20.1 Å². The molecule has 0 aromatic carbocycles. The minimum Gasteiger partial charge on any atom is -0.394 e. The van der Waals surface area contributed by atoms with Crippen LogP contribution in [0.1, 0.15) is 17.4 Å². The SMILES string of the molecule is Cc1[nH]c(=O)[nH]c(=O)c1C1OC(CO)C(O)C1O. The smallest absolute Gasteiger partial charge is 0.325 e. The molecule has 4 unspecified atom stereocenters. The quantitative estimate of drug-likeness (QED) is 0.398. The van der Waals surface area contributed by atoms with Crippen molar-refractivity contribution in [1.29, 1.82) is 0 Å². The number of nitrogens with one attached hydrogen (secondary N) is 2. The largest absolute Gasteiger partial charge is 0.394 e. The zero-order valence-corrected chi connectivity index (χ0v) is 9.58. The molecule has 8 nitrogen and oxygen atoms in total. The maximum Gasteiger partial charge on any atom is 0.325 e. The van der Waals surface area contributed by atoms with Gasteiger partial charge in [-0.1, -0.05) is 0 Å². The molecule has 1 aromatic heterocycles. The van der Waals surface area contributed by atoms with E-state index in [1.54, 1.807) is 0 Å². The normalized spacial score (nSPS) is 31.8. The van der Waals surface area contributed by atoms with Crippen molar-refractivity contribution in [1.82, 2.24) is 9.97 Å². The summed E-state index contributed by atoms with van der Waals surface area (Å²) >= 11 is 0. The van der Waals surface area contributed by atoms with E-state index in [4.69, 9.17) is 9.84 Å². The van der Waals surface area contributed by atoms with E-state index in [9.17, 15) is 19.8 Å². The van der Waals surface area contributed by atoms with E-state index in [0.717, 1.165) is 0 Å². The van der Waals surface area contributed by atoms with Crippen molar-refractivity contribution in [3.05, 3.63) is 32.1 Å². The van der Waals surface area contributed by atoms with Crippen molar-refractivity contribution in [2.24, 2.45) is 0 Å². The van der Waals surface area contributed by atoms with Crippen LogP contribution in [0.25, 0.3) is 0 Å². The predicted molar refractivity (Wildman–Crippen MR) is 59.1 cm³/mol. The molecule has 0 aliphatic carbocycles. The Balaban J connectivity index is 2.45. The molecule has 1 aliphatic heterocycles. The number of aryl methyl sites for hydroxylation is 1. The van der Waals surface area contributed by atoms with Gasteiger partial charge in [0.15, 0.2) is 0 Å². The van der Waals surface area contributed by atoms with Gasteiger partial charge in [-0.3, -0.25) is 9.78 Å². The van der Waals surface area contributed by atoms with Gasteiger partial charge < -0.3 is 25.0 Å². The summed E-state index contributed by atoms with van der Waals surface area (Å²) in [6.45, 7) is 1.01. The van der Waals surface area contributed by atoms with Gasteiger partial charge in [-0.05, 0) is 6.92 Å². The van der Waals surface area contributed by atoms with E-state index in [1.807, 2.05) is 4.98 Å². The summed E-state index contributed by atoms with van der Waals surface area (Å²) in [7, 11) is 0. The van der Waals surface area contributed by atoms with Crippen molar-refractivity contribution in [2.75, 3.05) is 6.61 Å². The second kappa shape index (κ2) is 4.65. The maximum atomic E-state index is 11.7. The molecule has 2 heterocycles. The zero-order chi connectivity index (χ0) is 13.4. The first-order valence-electron chi connectivity index (χ1n) is 5.41. The number of ether oxygens (including phenoxy) is 1. The lowest BCUT2D eigenvalue weighted by molar-refractivity contribution is -0.0234. The van der Waals surface area contributed by atoms with E-state index in [-0.39, 0.29) is 11.3 Å². The third-order valence-electron chi connectivity index (χ3n) is 3.00. The van der Waals surface area contributed by atoms with Crippen LogP contribution in [0.3, 0.4) is 0 Å². The van der Waals surface area contributed by atoms with Gasteiger partial charge in [0.25, 0.3) is 5.56 Å². The molecule has 1 saturated heterocycles. The molecule has 18 heavy (non-hydrogen) atoms. The number of aromatic amines is 2. The molecule has 8 heteroatoms. The first-order chi connectivity index (χ1) is 8.45. The Kier molecular flexibility index (Phi) is 3.35. The highest BCUT2D eigenvalue weighted by Gasteiger charge is 2.44. The van der Waals surface area contributed by atoms with Gasteiger partial charge in [0.1, 0.15) is 24.4 Å². The number of H-pyrrole nitrogens is 2. The number of hydrogen-bond acceptors (Lipinski definition) is 6. The fourth-order valence-corrected chi connectivity index (χ4v) is 2.09. The van der Waals surface area contributed by atoms with Crippen molar-refractivity contribution in [3.8, 4) is 0 Å². The second-order valence-corrected chi connectivity index (χ2v) is 4.21. The lowest BCUT2D eigenvalue weighted by Crippen LogP contribution is -2.34. The van der Waals surface area contributed by atoms with Gasteiger partial charge in [-0.15, -0.1) is 0 Å². The van der Waals surface area contributed by atoms with Crippen molar-refractivity contribution in [3.63, 3.8) is 0 Å². The van der Waals surface area contributed by atoms with E-state index in [0.29, 0.717) is 0 Å². The number of rotatable bonds is 2. The summed E-state index contributed by atoms with van der Waals surface area (Å²) < 4.78 is 5.23. The standard InChI is InChI=1S/C10H14N2O6/c1-3-5(9(16)12-10(17)11-3)8-7(15)6(14)4(2-13)18-8/h4,6-8,13-15H,2H2,1H3,(H2,11,12,16,17). The van der Waals surface area contributed by atoms with Gasteiger partial charge >= 0.3 is 5.69 Å². The number of aliphatic hydroxyl groups excluding tert-OH is 3. The number of hydrogen-bond donors (Lipinski definition) is 5. The summed E-state index contributed by atoms with van der Waals surface area (Å²) in [5.41, 5.74) is -1.06. The summed E-state index contributed by atoms with van der Waals surface area (Å²) in [5.74, 6) is 0. The molecule has 100 valence electrons. The Morgan fingerprint density at radius 1 is 1.22 bits per heavy atom. The van der Waals surface area contributed by atoms with Crippen molar-refractivity contribution >= 4 is 0 Å². The minimum absolute atomic E-state index is 0.0390. The first kappa shape index (κ1) is 13.0. The third-order valence-corrected chi connectivity index (χ3v) is 3.00. The Morgan fingerprint density at radius 3 is 2.39 bits per heavy atom. The molecule has 4 atom stereocenters. The molecular formula is C10H14N2O6. The maximum absolute atomic E-state index is 11.7. The Bertz CT molecular complexity index is 550. The average Bonchev–Trinajstić information content (AvgIpc) is 2.56. The lowest BCUT2D eigenvalue weighted by atomic mass is 10.0. The predicted octanol–water partition coefficient (Wildman–Crippen LogP) is -2.47. The molecule has 1 aliphatic rings. The highest BCUT2D eigenvalue weighted by Crippen LogP contribution is 2.32. The van der Waals surface area contributed by atoms with Crippen LogP contribution < -0.4 is 11.2 Å². The van der Waals surface area contributed by atoms with E-state index in [2.05, 4.69) is 4.98 Å². The zero-order valence-electron chi connectivity index (χ0n) is 9.58. The lowest BCUT2D eigenvalue weighted by Gasteiger charge is -2.15. The Morgan fingerprint density at radius 2 is 1.89 bits per heavy atom. The van der Waals surface area contributed by atoms with E-state index in [1.165, 1.54) is 6.92 Å². The monoisotopic (exact) mass is 258 g/mol. The number of aromatic nitrogens is 2. The topological polar surface area (TPSA) is 136 Å². The molecule has 5 N–H and O–H groups in total. The molecule has 2 rings (SSSR count). The molecule has 1 fully saturated rings. The van der Waals surface area contributed by atoms with Crippen LogP contribution in [-0.4, -0.2) is 50.2 Å². The molecule has 1 aromatic rings. The van der Waals surface area contributed by atoms with Gasteiger partial charge in [-0.2, -0.15) is 0 Å². The van der Waals surface area contributed by atoms with Crippen LogP contribution in [0.2, 0.25) is 0 Å². The third kappa shape index (κ3) is 1.99. The molecule has 0 saturated carbocycles. The van der Waals surface area contributed by atoms with Crippen LogP contribution in [0.5, 0.6) is 0 Å². The van der Waals surface area contributed by atoms with Crippen LogP contribution in [0.15, 0.2) is 9.59 Å². The summed E-state index contributed by atoms with van der Waals surface area (Å²) in [6, 6.07) is 0. The molecular weight excluding hydrogens is 244 g/mol. The van der Waals surface area contributed by atoms with Crippen molar-refractivity contribution in [2.45, 2.75) is 31.3 Å². The van der Waals surface area contributed by atoms with Gasteiger partial charge in [0, 0.05) is 5.69 Å². The molecule has 0 radical (unpaired) electrons. The Labute approximate surface area is 101 Å². The van der Waals surface area contributed by atoms with Crippen LogP contribution in [0, 0.1) is 6.92 Å². The minimum atomic E-state index is -1.34. The highest BCUT2D eigenvalue weighted by molar-refractivity contribution is 5.21. The van der Waals surface area contributed by atoms with Crippen LogP contribution in [0.4, 0.5) is 0 Å². The van der Waals surface area contributed by atoms with E-state index < -0.39 is 42.3 Å². The average molecular weight is 258 g/mol. The highest BCUT2D eigenvalue weighted by atomic mass is 16.6. The summed E-state index contributed by atoms with van der Waals surface area (Å²) in [6.07, 6.45) is -4.67. The summed E-state index contributed by atoms with van der Waals surface area (Å²) in [5, 5.41) is 28.4. The molecule has 0 spiro atoms. The van der Waals surface area contributed by atoms with Crippen LogP contribution in [-0.2, 0) is 4.74 Å². The van der Waals surface area contributed by atoms with Gasteiger partial charge in [0.05, 0.1) is 12.2 Å². The second-order valence-electron chi connectivity index (χ2n) is 4.21. The molecule has 0 bridgehead atoms. The van der Waals surface area contributed by atoms with Gasteiger partial charge in [0.2, 0.25) is 0 Å². The number of aliphatic hydroxyl groups is 3. The summed E-state index contributed by atoms with van der Waals surface area (Å²) in [4.78, 5) is 27.1. The van der Waals surface area contributed by atoms with Gasteiger partial charge in [-0.25, -0.2) is 4.79 Å². The fourth-order valence-electron chi connectivity index (χ4n) is 2.09. The molecule has 0 amide bonds. The van der Waals surface area contributed by atoms with Crippen LogP contribution >= 0.6 is 0 Å². The first-order valence-corrected chi connectivity index (χ1v) is 5.41.